The first kappa shape index (κ1) is 22.7. The van der Waals surface area contributed by atoms with Gasteiger partial charge in [0.25, 0.3) is 11.8 Å². The number of hydrogen-bond donors (Lipinski definition) is 2. The number of amides is 2. The lowest BCUT2D eigenvalue weighted by molar-refractivity contribution is -0.122. The summed E-state index contributed by atoms with van der Waals surface area (Å²) in [6, 6.07) is 13.9. The highest BCUT2D eigenvalue weighted by molar-refractivity contribution is 5.94. The molecule has 0 atom stereocenters. The summed E-state index contributed by atoms with van der Waals surface area (Å²) in [7, 11) is 0. The maximum Gasteiger partial charge on any atom is 0.254 e. The Morgan fingerprint density at radius 1 is 1.16 bits per heavy atom. The van der Waals surface area contributed by atoms with Gasteiger partial charge in [-0.1, -0.05) is 18.2 Å². The van der Waals surface area contributed by atoms with Gasteiger partial charge in [0.2, 0.25) is 0 Å². The molecule has 0 spiro atoms. The van der Waals surface area contributed by atoms with Crippen LogP contribution in [0.15, 0.2) is 60.2 Å². The third-order valence-corrected chi connectivity index (χ3v) is 5.20. The zero-order valence-corrected chi connectivity index (χ0v) is 17.7. The summed E-state index contributed by atoms with van der Waals surface area (Å²) in [5.74, 6) is -0.231. The highest BCUT2D eigenvalue weighted by Crippen LogP contribution is 2.21. The number of para-hydroxylation sites is 1. The van der Waals surface area contributed by atoms with Gasteiger partial charge in [0.1, 0.15) is 5.75 Å². The Morgan fingerprint density at radius 2 is 1.88 bits per heavy atom. The molecular formula is C24H25N5O3. The summed E-state index contributed by atoms with van der Waals surface area (Å²) >= 11 is 0. The van der Waals surface area contributed by atoms with Gasteiger partial charge in [0, 0.05) is 37.3 Å². The van der Waals surface area contributed by atoms with Crippen LogP contribution in [-0.4, -0.2) is 65.7 Å². The third-order valence-electron chi connectivity index (χ3n) is 5.20. The van der Waals surface area contributed by atoms with Gasteiger partial charge in [-0.25, -0.2) is 5.43 Å². The SMILES string of the molecule is C=CCc1cccc(/C=N/NC(=O)CN2CCN(C(=O)c3ccc(C#N)cc3)CC2)c1O. The van der Waals surface area contributed by atoms with E-state index in [1.54, 1.807) is 53.4 Å². The Labute approximate surface area is 187 Å². The van der Waals surface area contributed by atoms with Crippen LogP contribution in [0.1, 0.15) is 27.0 Å². The average molecular weight is 431 g/mol. The number of piperazine rings is 1. The molecule has 2 N–H and O–H groups in total. The van der Waals surface area contributed by atoms with Crippen LogP contribution in [0.2, 0.25) is 0 Å². The van der Waals surface area contributed by atoms with E-state index in [9.17, 15) is 14.7 Å². The Morgan fingerprint density at radius 3 is 2.53 bits per heavy atom. The molecule has 8 heteroatoms. The number of allylic oxidation sites excluding steroid dienone is 1. The van der Waals surface area contributed by atoms with Gasteiger partial charge >= 0.3 is 0 Å². The molecule has 0 saturated carbocycles. The van der Waals surface area contributed by atoms with E-state index < -0.39 is 0 Å². The van der Waals surface area contributed by atoms with Crippen LogP contribution < -0.4 is 5.43 Å². The highest BCUT2D eigenvalue weighted by Gasteiger charge is 2.23. The molecule has 0 unspecified atom stereocenters. The Kier molecular flexibility index (Phi) is 7.73. The summed E-state index contributed by atoms with van der Waals surface area (Å²) < 4.78 is 0. The van der Waals surface area contributed by atoms with Crippen LogP contribution in [0, 0.1) is 11.3 Å². The molecule has 2 aromatic carbocycles. The zero-order chi connectivity index (χ0) is 22.9. The monoisotopic (exact) mass is 431 g/mol. The van der Waals surface area contributed by atoms with Crippen LogP contribution in [0.5, 0.6) is 5.75 Å². The van der Waals surface area contributed by atoms with Crippen molar-refractivity contribution in [2.24, 2.45) is 5.10 Å². The van der Waals surface area contributed by atoms with Crippen molar-refractivity contribution in [3.8, 4) is 11.8 Å². The van der Waals surface area contributed by atoms with Gasteiger partial charge in [0.15, 0.2) is 0 Å². The van der Waals surface area contributed by atoms with Gasteiger partial charge in [-0.15, -0.1) is 6.58 Å². The molecule has 8 nitrogen and oxygen atoms in total. The van der Waals surface area contributed by atoms with Crippen LogP contribution in [0.3, 0.4) is 0 Å². The first-order valence-corrected chi connectivity index (χ1v) is 10.3. The molecule has 1 heterocycles. The van der Waals surface area contributed by atoms with E-state index in [4.69, 9.17) is 5.26 Å². The minimum absolute atomic E-state index is 0.0818. The van der Waals surface area contributed by atoms with E-state index in [0.29, 0.717) is 49.3 Å². The topological polar surface area (TPSA) is 109 Å². The second kappa shape index (κ2) is 10.9. The zero-order valence-electron chi connectivity index (χ0n) is 17.7. The number of benzene rings is 2. The lowest BCUT2D eigenvalue weighted by atomic mass is 10.1. The number of nitriles is 1. The number of phenols is 1. The molecule has 2 aromatic rings. The lowest BCUT2D eigenvalue weighted by Crippen LogP contribution is -2.50. The van der Waals surface area contributed by atoms with Gasteiger partial charge < -0.3 is 10.0 Å². The lowest BCUT2D eigenvalue weighted by Gasteiger charge is -2.34. The molecule has 0 aromatic heterocycles. The smallest absolute Gasteiger partial charge is 0.254 e. The summed E-state index contributed by atoms with van der Waals surface area (Å²) in [5, 5.41) is 23.0. The molecule has 0 bridgehead atoms. The van der Waals surface area contributed by atoms with E-state index >= 15 is 0 Å². The Hall–Kier alpha value is -3.96. The second-order valence-electron chi connectivity index (χ2n) is 7.40. The van der Waals surface area contributed by atoms with Crippen molar-refractivity contribution in [2.75, 3.05) is 32.7 Å². The van der Waals surface area contributed by atoms with Crippen LogP contribution in [0.4, 0.5) is 0 Å². The quantitative estimate of drug-likeness (QED) is 0.395. The number of rotatable bonds is 7. The minimum atomic E-state index is -0.269. The van der Waals surface area contributed by atoms with Crippen molar-refractivity contribution in [1.29, 1.82) is 5.26 Å². The first-order valence-electron chi connectivity index (χ1n) is 10.3. The van der Waals surface area contributed by atoms with Crippen molar-refractivity contribution in [2.45, 2.75) is 6.42 Å². The number of carbonyl (C=O) groups excluding carboxylic acids is 2. The van der Waals surface area contributed by atoms with Crippen LogP contribution in [-0.2, 0) is 11.2 Å². The Bertz CT molecular complexity index is 1050. The van der Waals surface area contributed by atoms with Crippen LogP contribution in [0.25, 0.3) is 0 Å². The highest BCUT2D eigenvalue weighted by atomic mass is 16.3. The summed E-state index contributed by atoms with van der Waals surface area (Å²) in [5.41, 5.74) is 4.79. The van der Waals surface area contributed by atoms with Crippen LogP contribution >= 0.6 is 0 Å². The molecular weight excluding hydrogens is 406 g/mol. The normalized spacial score (nSPS) is 14.2. The standard InChI is InChI=1S/C24H25N5O3/c1-2-4-19-5-3-6-21(23(19)31)16-26-27-22(30)17-28-11-13-29(14-12-28)24(32)20-9-7-18(15-25)8-10-20/h2-3,5-10,16,31H,1,4,11-14,17H2,(H,27,30)/b26-16+. The summed E-state index contributed by atoms with van der Waals surface area (Å²) in [4.78, 5) is 28.5. The summed E-state index contributed by atoms with van der Waals surface area (Å²) in [6.07, 6.45) is 3.66. The molecule has 1 aliphatic heterocycles. The van der Waals surface area contributed by atoms with Crippen molar-refractivity contribution in [1.82, 2.24) is 15.2 Å². The van der Waals surface area contributed by atoms with E-state index in [-0.39, 0.29) is 24.1 Å². The maximum atomic E-state index is 12.6. The molecule has 0 aliphatic carbocycles. The first-order chi connectivity index (χ1) is 15.5. The van der Waals surface area contributed by atoms with E-state index in [1.807, 2.05) is 11.0 Å². The van der Waals surface area contributed by atoms with Crippen molar-refractivity contribution >= 4 is 18.0 Å². The molecule has 1 aliphatic rings. The molecule has 32 heavy (non-hydrogen) atoms. The van der Waals surface area contributed by atoms with Gasteiger partial charge in [-0.3, -0.25) is 14.5 Å². The van der Waals surface area contributed by atoms with Crippen molar-refractivity contribution in [3.05, 3.63) is 77.4 Å². The number of carbonyl (C=O) groups is 2. The number of hydrazone groups is 1. The molecule has 3 rings (SSSR count). The number of nitrogens with one attached hydrogen (secondary N) is 1. The molecule has 1 fully saturated rings. The van der Waals surface area contributed by atoms with E-state index in [1.165, 1.54) is 6.21 Å². The van der Waals surface area contributed by atoms with Crippen molar-refractivity contribution in [3.63, 3.8) is 0 Å². The molecule has 0 radical (unpaired) electrons. The van der Waals surface area contributed by atoms with E-state index in [0.717, 1.165) is 5.56 Å². The second-order valence-corrected chi connectivity index (χ2v) is 7.40. The fourth-order valence-electron chi connectivity index (χ4n) is 3.43. The molecule has 164 valence electrons. The van der Waals surface area contributed by atoms with Crippen molar-refractivity contribution < 1.29 is 14.7 Å². The molecule has 1 saturated heterocycles. The number of nitrogens with zero attached hydrogens (tertiary/aromatic N) is 4. The largest absolute Gasteiger partial charge is 0.507 e. The summed E-state index contributed by atoms with van der Waals surface area (Å²) in [6.45, 7) is 6.00. The average Bonchev–Trinajstić information content (AvgIpc) is 2.81. The molecule has 2 amide bonds. The van der Waals surface area contributed by atoms with Gasteiger partial charge in [0.05, 0.1) is 24.4 Å². The third kappa shape index (κ3) is 5.80. The fourth-order valence-corrected chi connectivity index (χ4v) is 3.43. The number of aromatic hydroxyl groups is 1. The van der Waals surface area contributed by atoms with Gasteiger partial charge in [-0.05, 0) is 42.3 Å². The Balaban J connectivity index is 1.46. The van der Waals surface area contributed by atoms with Gasteiger partial charge in [-0.2, -0.15) is 10.4 Å². The number of hydrogen-bond acceptors (Lipinski definition) is 6. The predicted octanol–water partition coefficient (Wildman–Crippen LogP) is 1.90. The predicted molar refractivity (Wildman–Crippen MR) is 121 cm³/mol. The van der Waals surface area contributed by atoms with E-state index in [2.05, 4.69) is 17.1 Å². The maximum absolute atomic E-state index is 12.6. The number of phenolic OH excluding ortho intramolecular Hbond substituents is 1. The fraction of sp³-hybridized carbons (Fsp3) is 0.250. The minimum Gasteiger partial charge on any atom is -0.507 e.